The van der Waals surface area contributed by atoms with Gasteiger partial charge in [-0.05, 0) is 26.8 Å². The van der Waals surface area contributed by atoms with Crippen molar-refractivity contribution >= 4 is 6.21 Å². The quantitative estimate of drug-likeness (QED) is 0.463. The number of rotatable bonds is 1. The lowest BCUT2D eigenvalue weighted by atomic mass is 10.1. The number of hydrogen-bond donors (Lipinski definition) is 1. The fraction of sp³-hybridized carbons (Fsp3) is 0.571. The maximum Gasteiger partial charge on any atom is 0.161 e. The van der Waals surface area contributed by atoms with Crippen molar-refractivity contribution < 1.29 is 4.99 Å². The molecule has 1 heteroatoms. The van der Waals surface area contributed by atoms with Crippen LogP contribution in [0.2, 0.25) is 0 Å². The molecule has 0 bridgehead atoms. The van der Waals surface area contributed by atoms with E-state index in [-0.39, 0.29) is 5.54 Å². The molecule has 0 radical (unpaired) electrons. The minimum Gasteiger partial charge on any atom is -0.244 e. The van der Waals surface area contributed by atoms with Crippen molar-refractivity contribution in [3.05, 3.63) is 12.7 Å². The topological polar surface area (TPSA) is 14.0 Å². The zero-order chi connectivity index (χ0) is 6.62. The Hall–Kier alpha value is -0.590. The average Bonchev–Trinajstić information content (AvgIpc) is 1.59. The Balaban J connectivity index is 3.69. The highest BCUT2D eigenvalue weighted by molar-refractivity contribution is 5.64. The summed E-state index contributed by atoms with van der Waals surface area (Å²) in [4.78, 5) is 3.13. The molecule has 0 unspecified atom stereocenters. The molecule has 0 saturated heterocycles. The molecule has 0 spiro atoms. The molecule has 1 N–H and O–H groups in total. The van der Waals surface area contributed by atoms with Crippen molar-refractivity contribution in [1.29, 1.82) is 0 Å². The van der Waals surface area contributed by atoms with Crippen LogP contribution in [0.5, 0.6) is 0 Å². The molecule has 0 atom stereocenters. The van der Waals surface area contributed by atoms with Crippen molar-refractivity contribution in [1.82, 2.24) is 0 Å². The van der Waals surface area contributed by atoms with Gasteiger partial charge in [0.2, 0.25) is 0 Å². The van der Waals surface area contributed by atoms with E-state index in [1.165, 1.54) is 0 Å². The third-order valence-electron chi connectivity index (χ3n) is 0.634. The Morgan fingerprint density at radius 3 is 2.00 bits per heavy atom. The van der Waals surface area contributed by atoms with Gasteiger partial charge in [0.25, 0.3) is 0 Å². The van der Waals surface area contributed by atoms with Gasteiger partial charge in [-0.1, -0.05) is 6.58 Å². The summed E-state index contributed by atoms with van der Waals surface area (Å²) in [5.74, 6) is 0. The minimum absolute atomic E-state index is 0.175. The van der Waals surface area contributed by atoms with Gasteiger partial charge in [-0.15, -0.1) is 0 Å². The van der Waals surface area contributed by atoms with Gasteiger partial charge >= 0.3 is 0 Å². The lowest BCUT2D eigenvalue weighted by Crippen LogP contribution is -2.81. The summed E-state index contributed by atoms with van der Waals surface area (Å²) in [6.45, 7) is 9.86. The molecule has 0 aromatic carbocycles. The molecular formula is C7H14N+. The normalized spacial score (nSPS) is 12.4. The molecule has 1 nitrogen and oxygen atoms in total. The highest BCUT2D eigenvalue weighted by Gasteiger charge is 2.09. The van der Waals surface area contributed by atoms with Crippen LogP contribution in [0.15, 0.2) is 12.7 Å². The third-order valence-corrected chi connectivity index (χ3v) is 0.634. The van der Waals surface area contributed by atoms with Gasteiger partial charge in [0.15, 0.2) is 11.8 Å². The Kier molecular flexibility index (Phi) is 2.46. The second-order valence-corrected chi connectivity index (χ2v) is 2.80. The first-order valence-electron chi connectivity index (χ1n) is 2.78. The zero-order valence-corrected chi connectivity index (χ0v) is 5.86. The van der Waals surface area contributed by atoms with Gasteiger partial charge in [-0.3, -0.25) is 0 Å². The fourth-order valence-electron chi connectivity index (χ4n) is 0.309. The van der Waals surface area contributed by atoms with E-state index in [2.05, 4.69) is 32.3 Å². The predicted octanol–water partition coefficient (Wildman–Crippen LogP) is 0.122. The van der Waals surface area contributed by atoms with E-state index in [4.69, 9.17) is 0 Å². The summed E-state index contributed by atoms with van der Waals surface area (Å²) in [7, 11) is 0. The molecule has 0 heterocycles. The Bertz CT molecular complexity index is 95.4. The maximum atomic E-state index is 3.55. The highest BCUT2D eigenvalue weighted by atomic mass is 14.8. The monoisotopic (exact) mass is 112 g/mol. The molecule has 0 aromatic heterocycles. The smallest absolute Gasteiger partial charge is 0.161 e. The van der Waals surface area contributed by atoms with Gasteiger partial charge in [0.05, 0.1) is 0 Å². The molecule has 0 amide bonds. The van der Waals surface area contributed by atoms with Gasteiger partial charge < -0.3 is 0 Å². The number of hydrogen-bond acceptors (Lipinski definition) is 0. The minimum atomic E-state index is 0.175. The van der Waals surface area contributed by atoms with Crippen molar-refractivity contribution in [3.63, 3.8) is 0 Å². The van der Waals surface area contributed by atoms with Crippen LogP contribution in [0.3, 0.4) is 0 Å². The molecule has 0 fully saturated rings. The first kappa shape index (κ1) is 7.41. The summed E-state index contributed by atoms with van der Waals surface area (Å²) < 4.78 is 0. The highest BCUT2D eigenvalue weighted by Crippen LogP contribution is 1.85. The summed E-state index contributed by atoms with van der Waals surface area (Å²) in [6, 6.07) is 0. The Morgan fingerprint density at radius 1 is 1.38 bits per heavy atom. The maximum absolute atomic E-state index is 3.55. The van der Waals surface area contributed by atoms with E-state index in [9.17, 15) is 0 Å². The second kappa shape index (κ2) is 2.65. The summed E-state index contributed by atoms with van der Waals surface area (Å²) in [5.41, 5.74) is 0.175. The van der Waals surface area contributed by atoms with Crippen LogP contribution in [0.1, 0.15) is 20.8 Å². The summed E-state index contributed by atoms with van der Waals surface area (Å²) in [6.07, 6.45) is 3.59. The van der Waals surface area contributed by atoms with Gasteiger partial charge in [-0.2, -0.15) is 0 Å². The number of nitrogens with one attached hydrogen (secondary N) is 1. The van der Waals surface area contributed by atoms with E-state index in [0.29, 0.717) is 0 Å². The Morgan fingerprint density at radius 2 is 1.88 bits per heavy atom. The fourth-order valence-corrected chi connectivity index (χ4v) is 0.309. The van der Waals surface area contributed by atoms with Gasteiger partial charge in [-0.25, -0.2) is 4.99 Å². The van der Waals surface area contributed by atoms with Crippen LogP contribution in [0.4, 0.5) is 0 Å². The molecular weight excluding hydrogens is 98.1 g/mol. The van der Waals surface area contributed by atoms with E-state index >= 15 is 0 Å². The molecule has 8 heavy (non-hydrogen) atoms. The SMILES string of the molecule is C=CC=[NH+]C(C)(C)C. The largest absolute Gasteiger partial charge is 0.244 e. The molecule has 0 aliphatic rings. The van der Waals surface area contributed by atoms with Gasteiger partial charge in [0.1, 0.15) is 0 Å². The van der Waals surface area contributed by atoms with E-state index in [0.717, 1.165) is 0 Å². The summed E-state index contributed by atoms with van der Waals surface area (Å²) in [5, 5.41) is 0. The Labute approximate surface area is 51.1 Å². The first-order chi connectivity index (χ1) is 3.56. The van der Waals surface area contributed by atoms with Crippen LogP contribution in [-0.2, 0) is 0 Å². The lowest BCUT2D eigenvalue weighted by molar-refractivity contribution is -0.533. The van der Waals surface area contributed by atoms with Crippen molar-refractivity contribution in [2.24, 2.45) is 0 Å². The zero-order valence-electron chi connectivity index (χ0n) is 5.86. The van der Waals surface area contributed by atoms with Crippen LogP contribution in [0, 0.1) is 0 Å². The van der Waals surface area contributed by atoms with Crippen molar-refractivity contribution in [3.8, 4) is 0 Å². The second-order valence-electron chi connectivity index (χ2n) is 2.80. The van der Waals surface area contributed by atoms with Crippen LogP contribution < -0.4 is 4.99 Å². The van der Waals surface area contributed by atoms with Crippen molar-refractivity contribution in [2.45, 2.75) is 26.3 Å². The van der Waals surface area contributed by atoms with E-state index in [1.807, 2.05) is 6.21 Å². The van der Waals surface area contributed by atoms with Crippen LogP contribution >= 0.6 is 0 Å². The predicted molar refractivity (Wildman–Crippen MR) is 37.0 cm³/mol. The summed E-state index contributed by atoms with van der Waals surface area (Å²) >= 11 is 0. The molecule has 0 aromatic rings. The van der Waals surface area contributed by atoms with Crippen molar-refractivity contribution in [2.75, 3.05) is 0 Å². The third kappa shape index (κ3) is 5.41. The standard InChI is InChI=1S/C7H13N/c1-5-6-8-7(2,3)4/h5-6H,1H2,2-4H3/p+1. The molecule has 0 saturated carbocycles. The molecule has 0 rings (SSSR count). The first-order valence-corrected chi connectivity index (χ1v) is 2.78. The van der Waals surface area contributed by atoms with Crippen LogP contribution in [-0.4, -0.2) is 11.8 Å². The van der Waals surface area contributed by atoms with E-state index in [1.54, 1.807) is 6.08 Å². The average molecular weight is 112 g/mol. The number of allylic oxidation sites excluding steroid dienone is 1. The lowest BCUT2D eigenvalue weighted by Gasteiger charge is -2.02. The molecule has 46 valence electrons. The van der Waals surface area contributed by atoms with Crippen LogP contribution in [0.25, 0.3) is 0 Å². The molecule has 0 aliphatic heterocycles. The molecule has 0 aliphatic carbocycles. The van der Waals surface area contributed by atoms with E-state index < -0.39 is 0 Å². The van der Waals surface area contributed by atoms with Gasteiger partial charge in [0, 0.05) is 0 Å².